The molecule has 0 saturated carbocycles. The van der Waals surface area contributed by atoms with E-state index in [4.69, 9.17) is 0 Å². The van der Waals surface area contributed by atoms with Crippen molar-refractivity contribution in [2.75, 3.05) is 6.54 Å². The Hall–Kier alpha value is -3.39. The molecule has 0 spiro atoms. The third kappa shape index (κ3) is 3.50. The van der Waals surface area contributed by atoms with Crippen molar-refractivity contribution in [3.8, 4) is 16.9 Å². The van der Waals surface area contributed by atoms with E-state index in [1.54, 1.807) is 12.3 Å². The standard InChI is InChI=1S/C24H21F3N4O/c1-30-21-12-17(5-6-19(21)18-3-2-9-28-14-22(18)30)31-10-8-15(11-23(31)32)20-7-4-16(13-29-20)24(25,26)27/h4-8,10-13,28H,2-3,9,14H2,1H3. The van der Waals surface area contributed by atoms with E-state index < -0.39 is 11.7 Å². The van der Waals surface area contributed by atoms with Gasteiger partial charge >= 0.3 is 6.18 Å². The fourth-order valence-corrected chi connectivity index (χ4v) is 4.39. The van der Waals surface area contributed by atoms with Gasteiger partial charge in [0.05, 0.1) is 22.5 Å². The molecule has 0 aliphatic carbocycles. The van der Waals surface area contributed by atoms with Crippen LogP contribution in [0.4, 0.5) is 13.2 Å². The van der Waals surface area contributed by atoms with Crippen LogP contribution in [0.25, 0.3) is 27.8 Å². The number of benzene rings is 1. The molecule has 4 aromatic rings. The van der Waals surface area contributed by atoms with E-state index in [1.807, 2.05) is 19.2 Å². The number of aryl methyl sites for hydroxylation is 2. The third-order valence-corrected chi connectivity index (χ3v) is 6.08. The molecule has 5 nitrogen and oxygen atoms in total. The Morgan fingerprint density at radius 3 is 2.66 bits per heavy atom. The second-order valence-electron chi connectivity index (χ2n) is 8.02. The molecule has 0 radical (unpaired) electrons. The summed E-state index contributed by atoms with van der Waals surface area (Å²) < 4.78 is 42.0. The number of alkyl halides is 3. The number of rotatable bonds is 2. The highest BCUT2D eigenvalue weighted by Crippen LogP contribution is 2.31. The average Bonchev–Trinajstić information content (AvgIpc) is 2.93. The molecule has 3 aromatic heterocycles. The fraction of sp³-hybridized carbons (Fsp3) is 0.250. The van der Waals surface area contributed by atoms with Crippen molar-refractivity contribution in [3.05, 3.63) is 82.0 Å². The van der Waals surface area contributed by atoms with Crippen molar-refractivity contribution in [3.63, 3.8) is 0 Å². The van der Waals surface area contributed by atoms with Gasteiger partial charge in [-0.15, -0.1) is 0 Å². The summed E-state index contributed by atoms with van der Waals surface area (Å²) in [7, 11) is 2.04. The normalized spacial score (nSPS) is 14.4. The molecule has 1 aliphatic rings. The van der Waals surface area contributed by atoms with E-state index in [9.17, 15) is 18.0 Å². The summed E-state index contributed by atoms with van der Waals surface area (Å²) in [6, 6.07) is 11.3. The largest absolute Gasteiger partial charge is 0.417 e. The second kappa shape index (κ2) is 7.63. The number of hydrogen-bond donors (Lipinski definition) is 1. The monoisotopic (exact) mass is 438 g/mol. The molecule has 0 unspecified atom stereocenters. The van der Waals surface area contributed by atoms with Crippen LogP contribution in [-0.2, 0) is 26.2 Å². The van der Waals surface area contributed by atoms with E-state index >= 15 is 0 Å². The average molecular weight is 438 g/mol. The van der Waals surface area contributed by atoms with Gasteiger partial charge in [-0.1, -0.05) is 6.07 Å². The molecule has 0 amide bonds. The number of fused-ring (bicyclic) bond motifs is 3. The van der Waals surface area contributed by atoms with E-state index in [1.165, 1.54) is 33.3 Å². The van der Waals surface area contributed by atoms with Gasteiger partial charge in [0.2, 0.25) is 0 Å². The highest BCUT2D eigenvalue weighted by atomic mass is 19.4. The molecule has 5 rings (SSSR count). The minimum absolute atomic E-state index is 0.277. The molecular formula is C24H21F3N4O. The first kappa shape index (κ1) is 20.5. The summed E-state index contributed by atoms with van der Waals surface area (Å²) in [5, 5.41) is 4.65. The Balaban J connectivity index is 1.52. The SMILES string of the molecule is Cn1c2c(c3ccc(-n4ccc(-c5ccc(C(F)(F)F)cn5)cc4=O)cc31)CCCNC2. The topological polar surface area (TPSA) is 51.9 Å². The number of nitrogens with zero attached hydrogens (tertiary/aromatic N) is 3. The zero-order valence-electron chi connectivity index (χ0n) is 17.4. The molecule has 0 atom stereocenters. The molecule has 164 valence electrons. The number of nitrogens with one attached hydrogen (secondary N) is 1. The van der Waals surface area contributed by atoms with Gasteiger partial charge in [-0.05, 0) is 55.3 Å². The summed E-state index contributed by atoms with van der Waals surface area (Å²) in [6.07, 6.45) is 0.0796. The van der Waals surface area contributed by atoms with E-state index in [2.05, 4.69) is 20.9 Å². The van der Waals surface area contributed by atoms with E-state index in [0.717, 1.165) is 49.4 Å². The van der Waals surface area contributed by atoms with Gasteiger partial charge in [0.15, 0.2) is 0 Å². The molecule has 32 heavy (non-hydrogen) atoms. The first-order chi connectivity index (χ1) is 15.3. The number of aromatic nitrogens is 3. The van der Waals surface area contributed by atoms with Gasteiger partial charge in [-0.3, -0.25) is 14.3 Å². The molecule has 0 saturated heterocycles. The Labute approximate surface area is 182 Å². The predicted molar refractivity (Wildman–Crippen MR) is 117 cm³/mol. The highest BCUT2D eigenvalue weighted by molar-refractivity contribution is 5.87. The van der Waals surface area contributed by atoms with Crippen LogP contribution >= 0.6 is 0 Å². The van der Waals surface area contributed by atoms with Crippen LogP contribution in [-0.4, -0.2) is 20.7 Å². The first-order valence-corrected chi connectivity index (χ1v) is 10.4. The van der Waals surface area contributed by atoms with Crippen LogP contribution in [0.15, 0.2) is 59.7 Å². The molecule has 1 aliphatic heterocycles. The maximum Gasteiger partial charge on any atom is 0.417 e. The Bertz CT molecular complexity index is 1370. The molecule has 0 fully saturated rings. The lowest BCUT2D eigenvalue weighted by Gasteiger charge is -2.10. The summed E-state index contributed by atoms with van der Waals surface area (Å²) in [6.45, 7) is 1.83. The highest BCUT2D eigenvalue weighted by Gasteiger charge is 2.30. The smallest absolute Gasteiger partial charge is 0.346 e. The van der Waals surface area contributed by atoms with E-state index in [-0.39, 0.29) is 5.56 Å². The van der Waals surface area contributed by atoms with Crippen LogP contribution in [0.3, 0.4) is 0 Å². The summed E-state index contributed by atoms with van der Waals surface area (Å²) in [4.78, 5) is 16.7. The maximum absolute atomic E-state index is 12.8. The molecular weight excluding hydrogens is 417 g/mol. The summed E-state index contributed by atoms with van der Waals surface area (Å²) in [5.41, 5.74) is 4.12. The van der Waals surface area contributed by atoms with E-state index in [0.29, 0.717) is 11.3 Å². The van der Waals surface area contributed by atoms with Crippen molar-refractivity contribution in [2.24, 2.45) is 7.05 Å². The lowest BCUT2D eigenvalue weighted by molar-refractivity contribution is -0.137. The van der Waals surface area contributed by atoms with Crippen LogP contribution < -0.4 is 10.9 Å². The van der Waals surface area contributed by atoms with Crippen molar-refractivity contribution in [2.45, 2.75) is 25.6 Å². The summed E-state index contributed by atoms with van der Waals surface area (Å²) >= 11 is 0. The van der Waals surface area contributed by atoms with Crippen LogP contribution in [0.2, 0.25) is 0 Å². The van der Waals surface area contributed by atoms with Gasteiger partial charge in [0.25, 0.3) is 5.56 Å². The zero-order chi connectivity index (χ0) is 22.5. The Morgan fingerprint density at radius 2 is 1.94 bits per heavy atom. The molecule has 1 aromatic carbocycles. The van der Waals surface area contributed by atoms with Crippen molar-refractivity contribution in [1.29, 1.82) is 0 Å². The summed E-state index contributed by atoms with van der Waals surface area (Å²) in [5.74, 6) is 0. The van der Waals surface area contributed by atoms with Crippen molar-refractivity contribution < 1.29 is 13.2 Å². The Kier molecular flexibility index (Phi) is 4.89. The number of hydrogen-bond acceptors (Lipinski definition) is 3. The van der Waals surface area contributed by atoms with Gasteiger partial charge < -0.3 is 9.88 Å². The van der Waals surface area contributed by atoms with Gasteiger partial charge in [-0.25, -0.2) is 0 Å². The molecule has 8 heteroatoms. The predicted octanol–water partition coefficient (Wildman–Crippen LogP) is 4.45. The van der Waals surface area contributed by atoms with Crippen LogP contribution in [0, 0.1) is 0 Å². The van der Waals surface area contributed by atoms with Crippen LogP contribution in [0.5, 0.6) is 0 Å². The van der Waals surface area contributed by atoms with Crippen molar-refractivity contribution >= 4 is 10.9 Å². The fourth-order valence-electron chi connectivity index (χ4n) is 4.39. The molecule has 4 heterocycles. The zero-order valence-corrected chi connectivity index (χ0v) is 17.4. The van der Waals surface area contributed by atoms with Crippen LogP contribution in [0.1, 0.15) is 23.2 Å². The minimum atomic E-state index is -4.45. The number of pyridine rings is 2. The van der Waals surface area contributed by atoms with Crippen molar-refractivity contribution in [1.82, 2.24) is 19.4 Å². The minimum Gasteiger partial charge on any atom is -0.346 e. The molecule has 1 N–H and O–H groups in total. The van der Waals surface area contributed by atoms with Gasteiger partial charge in [0.1, 0.15) is 0 Å². The second-order valence-corrected chi connectivity index (χ2v) is 8.02. The number of halogens is 3. The van der Waals surface area contributed by atoms with Gasteiger partial charge in [-0.2, -0.15) is 13.2 Å². The molecule has 0 bridgehead atoms. The lowest BCUT2D eigenvalue weighted by Crippen LogP contribution is -2.17. The third-order valence-electron chi connectivity index (χ3n) is 6.08. The van der Waals surface area contributed by atoms with Gasteiger partial charge in [0, 0.05) is 48.7 Å². The lowest BCUT2D eigenvalue weighted by atomic mass is 10.1. The Morgan fingerprint density at radius 1 is 1.09 bits per heavy atom. The first-order valence-electron chi connectivity index (χ1n) is 10.4. The quantitative estimate of drug-likeness (QED) is 0.503. The maximum atomic E-state index is 12.8.